The molecule has 0 atom stereocenters. The van der Waals surface area contributed by atoms with Crippen molar-refractivity contribution >= 4 is 11.7 Å². The molecular formula is C17H15N3O. The zero-order chi connectivity index (χ0) is 14.7. The lowest BCUT2D eigenvalue weighted by Gasteiger charge is -2.18. The Morgan fingerprint density at radius 1 is 1.10 bits per heavy atom. The Morgan fingerprint density at radius 2 is 1.81 bits per heavy atom. The van der Waals surface area contributed by atoms with Gasteiger partial charge in [0.25, 0.3) is 5.91 Å². The van der Waals surface area contributed by atoms with Crippen molar-refractivity contribution in [3.8, 4) is 0 Å². The van der Waals surface area contributed by atoms with Crippen LogP contribution < -0.4 is 0 Å². The Morgan fingerprint density at radius 3 is 2.48 bits per heavy atom. The first-order valence-electron chi connectivity index (χ1n) is 6.81. The lowest BCUT2D eigenvalue weighted by Crippen LogP contribution is -2.32. The van der Waals surface area contributed by atoms with Crippen LogP contribution in [0, 0.1) is 0 Å². The molecule has 0 N–H and O–H groups in total. The largest absolute Gasteiger partial charge is 0.286 e. The fourth-order valence-electron chi connectivity index (χ4n) is 2.27. The van der Waals surface area contributed by atoms with Crippen molar-refractivity contribution in [2.45, 2.75) is 13.5 Å². The van der Waals surface area contributed by atoms with E-state index in [4.69, 9.17) is 0 Å². The van der Waals surface area contributed by atoms with Crippen molar-refractivity contribution in [3.05, 3.63) is 77.8 Å². The molecule has 1 amide bonds. The Bertz CT molecular complexity index is 705. The number of carbonyl (C=O) groups excluding carboxylic acids is 1. The zero-order valence-corrected chi connectivity index (χ0v) is 11.7. The van der Waals surface area contributed by atoms with E-state index in [2.05, 4.69) is 9.98 Å². The molecule has 21 heavy (non-hydrogen) atoms. The van der Waals surface area contributed by atoms with Crippen LogP contribution >= 0.6 is 0 Å². The summed E-state index contributed by atoms with van der Waals surface area (Å²) in [4.78, 5) is 22.6. The number of hydrogen-bond donors (Lipinski definition) is 0. The molecule has 1 aliphatic rings. The molecule has 4 nitrogen and oxygen atoms in total. The third kappa shape index (κ3) is 2.60. The van der Waals surface area contributed by atoms with E-state index in [1.54, 1.807) is 23.4 Å². The normalized spacial score (nSPS) is 16.4. The fourth-order valence-corrected chi connectivity index (χ4v) is 2.27. The number of aliphatic imine (C=N–C) groups is 1. The smallest absolute Gasteiger partial charge is 0.278 e. The van der Waals surface area contributed by atoms with Crippen LogP contribution in [0.25, 0.3) is 0 Å². The minimum Gasteiger partial charge on any atom is -0.286 e. The Labute approximate surface area is 123 Å². The third-order valence-corrected chi connectivity index (χ3v) is 3.34. The number of benzene rings is 1. The lowest BCUT2D eigenvalue weighted by molar-refractivity contribution is -0.123. The van der Waals surface area contributed by atoms with Crippen LogP contribution in [0.1, 0.15) is 18.1 Å². The number of aromatic nitrogens is 1. The van der Waals surface area contributed by atoms with Gasteiger partial charge >= 0.3 is 0 Å². The van der Waals surface area contributed by atoms with E-state index in [1.165, 1.54) is 0 Å². The Balaban J connectivity index is 1.97. The highest BCUT2D eigenvalue weighted by molar-refractivity contribution is 6.18. The first-order chi connectivity index (χ1) is 10.3. The highest BCUT2D eigenvalue weighted by Crippen LogP contribution is 2.21. The maximum absolute atomic E-state index is 12.5. The molecule has 0 bridgehead atoms. The molecule has 0 fully saturated rings. The minimum absolute atomic E-state index is 0.0619. The van der Waals surface area contributed by atoms with Gasteiger partial charge < -0.3 is 0 Å². The number of amides is 1. The maximum atomic E-state index is 12.5. The summed E-state index contributed by atoms with van der Waals surface area (Å²) in [6.07, 6.45) is 5.20. The van der Waals surface area contributed by atoms with E-state index in [9.17, 15) is 4.79 Å². The molecule has 0 saturated carbocycles. The van der Waals surface area contributed by atoms with Gasteiger partial charge in [0, 0.05) is 18.0 Å². The molecular weight excluding hydrogens is 262 g/mol. The van der Waals surface area contributed by atoms with Crippen LogP contribution in [-0.4, -0.2) is 21.6 Å². The second-order valence-electron chi connectivity index (χ2n) is 4.72. The average Bonchev–Trinajstić information content (AvgIpc) is 2.86. The first-order valence-corrected chi connectivity index (χ1v) is 6.81. The number of carbonyl (C=O) groups is 1. The number of pyridine rings is 1. The number of rotatable bonds is 3. The summed E-state index contributed by atoms with van der Waals surface area (Å²) in [7, 11) is 0. The molecule has 0 spiro atoms. The van der Waals surface area contributed by atoms with Crippen molar-refractivity contribution in [2.24, 2.45) is 4.99 Å². The van der Waals surface area contributed by atoms with Crippen molar-refractivity contribution < 1.29 is 4.79 Å². The van der Waals surface area contributed by atoms with Crippen molar-refractivity contribution in [1.29, 1.82) is 0 Å². The molecule has 1 aromatic heterocycles. The quantitative estimate of drug-likeness (QED) is 0.810. The highest BCUT2D eigenvalue weighted by atomic mass is 16.2. The van der Waals surface area contributed by atoms with E-state index in [1.807, 2.05) is 49.4 Å². The monoisotopic (exact) mass is 277 g/mol. The van der Waals surface area contributed by atoms with Crippen LogP contribution in [0.4, 0.5) is 0 Å². The number of hydrogen-bond acceptors (Lipinski definition) is 3. The lowest BCUT2D eigenvalue weighted by atomic mass is 10.2. The fraction of sp³-hybridized carbons (Fsp3) is 0.118. The van der Waals surface area contributed by atoms with Crippen molar-refractivity contribution in [1.82, 2.24) is 9.88 Å². The standard InChI is InChI=1S/C17H15N3O/c1-2-15-17(21)20(12-13-8-10-18-11-9-13)16(19-15)14-6-4-3-5-7-14/h2-11H,12H2,1H3/b15-2+. The van der Waals surface area contributed by atoms with E-state index in [-0.39, 0.29) is 5.91 Å². The number of allylic oxidation sites excluding steroid dienone is 1. The highest BCUT2D eigenvalue weighted by Gasteiger charge is 2.30. The SMILES string of the molecule is C/C=C1/N=C(c2ccccc2)N(Cc2ccncc2)C1=O. The number of nitrogens with zero attached hydrogens (tertiary/aromatic N) is 3. The van der Waals surface area contributed by atoms with Gasteiger partial charge in [-0.05, 0) is 24.6 Å². The molecule has 1 aliphatic heterocycles. The molecule has 104 valence electrons. The Hall–Kier alpha value is -2.75. The second kappa shape index (κ2) is 5.71. The molecule has 0 unspecified atom stereocenters. The van der Waals surface area contributed by atoms with Crippen LogP contribution in [-0.2, 0) is 11.3 Å². The molecule has 2 aromatic rings. The van der Waals surface area contributed by atoms with E-state index in [0.717, 1.165) is 11.1 Å². The number of amidine groups is 1. The predicted molar refractivity (Wildman–Crippen MR) is 81.5 cm³/mol. The Kier molecular flexibility index (Phi) is 3.60. The van der Waals surface area contributed by atoms with Crippen LogP contribution in [0.3, 0.4) is 0 Å². The second-order valence-corrected chi connectivity index (χ2v) is 4.72. The van der Waals surface area contributed by atoms with Gasteiger partial charge in [0.2, 0.25) is 0 Å². The summed E-state index contributed by atoms with van der Waals surface area (Å²) in [6.45, 7) is 2.32. The van der Waals surface area contributed by atoms with Gasteiger partial charge in [-0.1, -0.05) is 36.4 Å². The molecule has 4 heteroatoms. The summed E-state index contributed by atoms with van der Waals surface area (Å²) < 4.78 is 0. The summed E-state index contributed by atoms with van der Waals surface area (Å²) >= 11 is 0. The van der Waals surface area contributed by atoms with Gasteiger partial charge in [-0.25, -0.2) is 4.99 Å². The summed E-state index contributed by atoms with van der Waals surface area (Å²) in [5, 5.41) is 0. The van der Waals surface area contributed by atoms with Gasteiger partial charge in [0.05, 0.1) is 6.54 Å². The molecule has 0 saturated heterocycles. The topological polar surface area (TPSA) is 45.6 Å². The van der Waals surface area contributed by atoms with Crippen molar-refractivity contribution in [2.75, 3.05) is 0 Å². The first kappa shape index (κ1) is 13.2. The summed E-state index contributed by atoms with van der Waals surface area (Å²) in [5.74, 6) is 0.638. The summed E-state index contributed by atoms with van der Waals surface area (Å²) in [6, 6.07) is 13.6. The van der Waals surface area contributed by atoms with Gasteiger partial charge in [-0.3, -0.25) is 14.7 Å². The van der Waals surface area contributed by atoms with Crippen LogP contribution in [0.5, 0.6) is 0 Å². The molecule has 0 aliphatic carbocycles. The molecule has 3 rings (SSSR count). The van der Waals surface area contributed by atoms with Gasteiger partial charge in [0.15, 0.2) is 0 Å². The zero-order valence-electron chi connectivity index (χ0n) is 11.7. The van der Waals surface area contributed by atoms with E-state index in [0.29, 0.717) is 18.1 Å². The van der Waals surface area contributed by atoms with Gasteiger partial charge in [-0.15, -0.1) is 0 Å². The van der Waals surface area contributed by atoms with Gasteiger partial charge in [-0.2, -0.15) is 0 Å². The summed E-state index contributed by atoms with van der Waals surface area (Å²) in [5.41, 5.74) is 2.46. The average molecular weight is 277 g/mol. The van der Waals surface area contributed by atoms with Crippen LogP contribution in [0.2, 0.25) is 0 Å². The molecule has 2 heterocycles. The van der Waals surface area contributed by atoms with Crippen molar-refractivity contribution in [3.63, 3.8) is 0 Å². The van der Waals surface area contributed by atoms with E-state index < -0.39 is 0 Å². The third-order valence-electron chi connectivity index (χ3n) is 3.34. The van der Waals surface area contributed by atoms with Crippen LogP contribution in [0.15, 0.2) is 71.6 Å². The molecule has 0 radical (unpaired) electrons. The maximum Gasteiger partial charge on any atom is 0.278 e. The van der Waals surface area contributed by atoms with Gasteiger partial charge in [0.1, 0.15) is 11.5 Å². The predicted octanol–water partition coefficient (Wildman–Crippen LogP) is 2.77. The molecule has 1 aromatic carbocycles. The van der Waals surface area contributed by atoms with E-state index >= 15 is 0 Å². The minimum atomic E-state index is -0.0619.